The van der Waals surface area contributed by atoms with Gasteiger partial charge in [-0.3, -0.25) is 0 Å². The van der Waals surface area contributed by atoms with E-state index in [0.29, 0.717) is 0 Å². The molecule has 2 N–H and O–H groups in total. The zero-order valence-electron chi connectivity index (χ0n) is 13.2. The average Bonchev–Trinajstić information content (AvgIpc) is 2.69. The molecule has 1 unspecified atom stereocenters. The maximum Gasteiger partial charge on any atom is 0.0832 e. The van der Waals surface area contributed by atoms with Crippen molar-refractivity contribution in [2.75, 3.05) is 7.11 Å². The Hall–Kier alpha value is -0.860. The van der Waals surface area contributed by atoms with Gasteiger partial charge in [0.25, 0.3) is 0 Å². The van der Waals surface area contributed by atoms with Crippen molar-refractivity contribution in [1.29, 1.82) is 0 Å². The Labute approximate surface area is 123 Å². The van der Waals surface area contributed by atoms with Crippen LogP contribution in [-0.2, 0) is 11.2 Å². The summed E-state index contributed by atoms with van der Waals surface area (Å²) in [6.07, 6.45) is 8.26. The number of aryl methyl sites for hydroxylation is 2. The van der Waals surface area contributed by atoms with Gasteiger partial charge in [-0.05, 0) is 44.2 Å². The lowest BCUT2D eigenvalue weighted by Gasteiger charge is -2.37. The first kappa shape index (κ1) is 15.5. The Kier molecular flexibility index (Phi) is 5.22. The van der Waals surface area contributed by atoms with Gasteiger partial charge >= 0.3 is 0 Å². The third-order valence-corrected chi connectivity index (χ3v) is 4.98. The van der Waals surface area contributed by atoms with E-state index in [1.807, 2.05) is 7.11 Å². The highest BCUT2D eigenvalue weighted by Gasteiger charge is 2.37. The van der Waals surface area contributed by atoms with Crippen molar-refractivity contribution in [3.8, 4) is 0 Å². The largest absolute Gasteiger partial charge is 0.377 e. The predicted octanol–water partition coefficient (Wildman–Crippen LogP) is 3.91. The predicted molar refractivity (Wildman–Crippen MR) is 85.0 cm³/mol. The third-order valence-electron chi connectivity index (χ3n) is 4.98. The van der Waals surface area contributed by atoms with Crippen LogP contribution in [0.15, 0.2) is 18.2 Å². The summed E-state index contributed by atoms with van der Waals surface area (Å²) in [6.45, 7) is 4.32. The molecular weight excluding hydrogens is 246 g/mol. The number of benzene rings is 1. The molecule has 0 heterocycles. The Balaban J connectivity index is 2.16. The van der Waals surface area contributed by atoms with Crippen LogP contribution in [0.5, 0.6) is 0 Å². The summed E-state index contributed by atoms with van der Waals surface area (Å²) in [5, 5.41) is 0. The van der Waals surface area contributed by atoms with Gasteiger partial charge in [-0.25, -0.2) is 0 Å². The molecule has 1 aliphatic rings. The van der Waals surface area contributed by atoms with Crippen LogP contribution in [0.2, 0.25) is 0 Å². The van der Waals surface area contributed by atoms with Crippen molar-refractivity contribution in [3.05, 3.63) is 34.9 Å². The molecule has 0 aromatic heterocycles. The minimum Gasteiger partial charge on any atom is -0.377 e. The monoisotopic (exact) mass is 275 g/mol. The van der Waals surface area contributed by atoms with Crippen LogP contribution < -0.4 is 5.73 Å². The van der Waals surface area contributed by atoms with E-state index in [0.717, 1.165) is 19.3 Å². The molecule has 0 radical (unpaired) electrons. The van der Waals surface area contributed by atoms with Gasteiger partial charge in [-0.2, -0.15) is 0 Å². The molecule has 0 spiro atoms. The van der Waals surface area contributed by atoms with E-state index in [1.165, 1.54) is 42.4 Å². The standard InChI is InChI=1S/C18H29NO/c1-14-8-9-15(2)16(12-14)13-17(19)18(20-3)10-6-4-5-7-11-18/h8-9,12,17H,4-7,10-11,13,19H2,1-3H3. The molecule has 0 bridgehead atoms. The molecule has 0 saturated heterocycles. The molecule has 2 nitrogen and oxygen atoms in total. The van der Waals surface area contributed by atoms with Crippen LogP contribution >= 0.6 is 0 Å². The molecular formula is C18H29NO. The summed E-state index contributed by atoms with van der Waals surface area (Å²) in [6, 6.07) is 6.73. The molecule has 112 valence electrons. The van der Waals surface area contributed by atoms with E-state index < -0.39 is 0 Å². The number of nitrogens with two attached hydrogens (primary N) is 1. The number of methoxy groups -OCH3 is 1. The van der Waals surface area contributed by atoms with Gasteiger partial charge in [-0.1, -0.05) is 49.4 Å². The van der Waals surface area contributed by atoms with Crippen molar-refractivity contribution in [3.63, 3.8) is 0 Å². The smallest absolute Gasteiger partial charge is 0.0832 e. The summed E-state index contributed by atoms with van der Waals surface area (Å²) in [5.41, 5.74) is 10.5. The third kappa shape index (κ3) is 3.42. The first-order chi connectivity index (χ1) is 9.57. The second-order valence-corrected chi connectivity index (χ2v) is 6.42. The SMILES string of the molecule is COC1(C(N)Cc2cc(C)ccc2C)CCCCCC1. The lowest BCUT2D eigenvalue weighted by molar-refractivity contribution is -0.0430. The first-order valence-electron chi connectivity index (χ1n) is 7.94. The van der Waals surface area contributed by atoms with Gasteiger partial charge in [-0.15, -0.1) is 0 Å². The molecule has 1 saturated carbocycles. The number of hydrogen-bond donors (Lipinski definition) is 1. The lowest BCUT2D eigenvalue weighted by Crippen LogP contribution is -2.50. The number of hydrogen-bond acceptors (Lipinski definition) is 2. The van der Waals surface area contributed by atoms with Crippen LogP contribution in [0.1, 0.15) is 55.2 Å². The van der Waals surface area contributed by atoms with E-state index in [9.17, 15) is 0 Å². The van der Waals surface area contributed by atoms with E-state index in [2.05, 4.69) is 32.0 Å². The highest BCUT2D eigenvalue weighted by molar-refractivity contribution is 5.31. The molecule has 1 aromatic rings. The fourth-order valence-electron chi connectivity index (χ4n) is 3.50. The van der Waals surface area contributed by atoms with Crippen molar-refractivity contribution in [2.45, 2.75) is 70.4 Å². The molecule has 1 aromatic carbocycles. The molecule has 0 aliphatic heterocycles. The van der Waals surface area contributed by atoms with Crippen LogP contribution in [0, 0.1) is 13.8 Å². The van der Waals surface area contributed by atoms with Gasteiger partial charge in [0.05, 0.1) is 5.60 Å². The van der Waals surface area contributed by atoms with Crippen LogP contribution in [0.3, 0.4) is 0 Å². The molecule has 2 heteroatoms. The zero-order valence-corrected chi connectivity index (χ0v) is 13.2. The van der Waals surface area contributed by atoms with Gasteiger partial charge in [0.15, 0.2) is 0 Å². The van der Waals surface area contributed by atoms with E-state index >= 15 is 0 Å². The topological polar surface area (TPSA) is 35.2 Å². The molecule has 1 fully saturated rings. The van der Waals surface area contributed by atoms with Crippen molar-refractivity contribution >= 4 is 0 Å². The summed E-state index contributed by atoms with van der Waals surface area (Å²) >= 11 is 0. The second kappa shape index (κ2) is 6.73. The van der Waals surface area contributed by atoms with Gasteiger partial charge in [0.1, 0.15) is 0 Å². The molecule has 2 rings (SSSR count). The molecule has 0 amide bonds. The number of ether oxygens (including phenoxy) is 1. The Morgan fingerprint density at radius 1 is 1.15 bits per heavy atom. The first-order valence-corrected chi connectivity index (χ1v) is 7.94. The number of rotatable bonds is 4. The van der Waals surface area contributed by atoms with Gasteiger partial charge in [0.2, 0.25) is 0 Å². The van der Waals surface area contributed by atoms with E-state index in [-0.39, 0.29) is 11.6 Å². The average molecular weight is 275 g/mol. The molecule has 1 atom stereocenters. The highest BCUT2D eigenvalue weighted by atomic mass is 16.5. The fraction of sp³-hybridized carbons (Fsp3) is 0.667. The molecule has 20 heavy (non-hydrogen) atoms. The molecule has 1 aliphatic carbocycles. The summed E-state index contributed by atoms with van der Waals surface area (Å²) in [5.74, 6) is 0. The highest BCUT2D eigenvalue weighted by Crippen LogP contribution is 2.33. The summed E-state index contributed by atoms with van der Waals surface area (Å²) in [7, 11) is 1.84. The Morgan fingerprint density at radius 2 is 1.80 bits per heavy atom. The minimum absolute atomic E-state index is 0.0890. The van der Waals surface area contributed by atoms with Crippen LogP contribution in [-0.4, -0.2) is 18.8 Å². The minimum atomic E-state index is -0.118. The van der Waals surface area contributed by atoms with Crippen molar-refractivity contribution in [2.24, 2.45) is 5.73 Å². The quantitative estimate of drug-likeness (QED) is 0.845. The van der Waals surface area contributed by atoms with E-state index in [1.54, 1.807) is 0 Å². The van der Waals surface area contributed by atoms with Crippen LogP contribution in [0.25, 0.3) is 0 Å². The Bertz CT molecular complexity index is 433. The maximum atomic E-state index is 6.59. The van der Waals surface area contributed by atoms with Crippen molar-refractivity contribution < 1.29 is 4.74 Å². The summed E-state index contributed by atoms with van der Waals surface area (Å²) in [4.78, 5) is 0. The Morgan fingerprint density at radius 3 is 2.40 bits per heavy atom. The van der Waals surface area contributed by atoms with Crippen LogP contribution in [0.4, 0.5) is 0 Å². The normalized spacial score (nSPS) is 20.4. The summed E-state index contributed by atoms with van der Waals surface area (Å²) < 4.78 is 5.94. The second-order valence-electron chi connectivity index (χ2n) is 6.42. The fourth-order valence-corrected chi connectivity index (χ4v) is 3.50. The van der Waals surface area contributed by atoms with Crippen molar-refractivity contribution in [1.82, 2.24) is 0 Å². The van der Waals surface area contributed by atoms with Gasteiger partial charge < -0.3 is 10.5 Å². The zero-order chi connectivity index (χ0) is 14.6. The van der Waals surface area contributed by atoms with Gasteiger partial charge in [0, 0.05) is 13.2 Å². The maximum absolute atomic E-state index is 6.59. The lowest BCUT2D eigenvalue weighted by atomic mass is 9.82. The van der Waals surface area contributed by atoms with E-state index in [4.69, 9.17) is 10.5 Å².